The quantitative estimate of drug-likeness (QED) is 0.708. The fourth-order valence-corrected chi connectivity index (χ4v) is 3.27. The molecule has 1 unspecified atom stereocenters. The third-order valence-corrected chi connectivity index (χ3v) is 4.73. The van der Waals surface area contributed by atoms with E-state index in [-0.39, 0.29) is 5.24 Å². The van der Waals surface area contributed by atoms with Gasteiger partial charge in [-0.25, -0.2) is 4.98 Å². The molecule has 3 rings (SSSR count). The van der Waals surface area contributed by atoms with E-state index in [9.17, 15) is 4.79 Å². The van der Waals surface area contributed by atoms with Crippen molar-refractivity contribution in [3.63, 3.8) is 0 Å². The number of nitrogens with two attached hydrogens (primary N) is 1. The monoisotopic (exact) mass is 335 g/mol. The second-order valence-corrected chi connectivity index (χ2v) is 6.46. The van der Waals surface area contributed by atoms with Crippen molar-refractivity contribution in [2.24, 2.45) is 5.73 Å². The molecule has 7 heteroatoms. The lowest BCUT2D eigenvalue weighted by molar-refractivity contribution is -0.113. The van der Waals surface area contributed by atoms with E-state index in [2.05, 4.69) is 20.2 Å². The zero-order valence-electron chi connectivity index (χ0n) is 13.0. The van der Waals surface area contributed by atoms with Crippen LogP contribution in [-0.4, -0.2) is 34.4 Å². The second kappa shape index (κ2) is 7.19. The molecule has 1 aromatic heterocycles. The molecule has 23 heavy (non-hydrogen) atoms. The summed E-state index contributed by atoms with van der Waals surface area (Å²) in [5.74, 6) is 0.220. The molecule has 0 aliphatic carbocycles. The Balaban J connectivity index is 1.73. The van der Waals surface area contributed by atoms with Crippen LogP contribution in [0.2, 0.25) is 0 Å². The average molecular weight is 336 g/mol. The number of hydrogen-bond acceptors (Lipinski definition) is 5. The van der Waals surface area contributed by atoms with Gasteiger partial charge >= 0.3 is 0 Å². The Kier molecular flexibility index (Phi) is 5.03. The number of piperidine rings is 1. The smallest absolute Gasteiger partial charge is 0.231 e. The normalized spacial score (nSPS) is 20.4. The van der Waals surface area contributed by atoms with Crippen molar-refractivity contribution in [1.29, 1.82) is 0 Å². The molecule has 1 fully saturated rings. The van der Waals surface area contributed by atoms with Crippen LogP contribution in [0, 0.1) is 0 Å². The highest BCUT2D eigenvalue weighted by Gasteiger charge is 2.24. The van der Waals surface area contributed by atoms with Gasteiger partial charge in [0, 0.05) is 18.8 Å². The van der Waals surface area contributed by atoms with E-state index in [1.54, 1.807) is 0 Å². The van der Waals surface area contributed by atoms with Crippen LogP contribution < -0.4 is 16.4 Å². The standard InChI is InChI=1S/C16H22ClN5O/c17-16(23)13(7-11-1-2-15(18)20-8-11)14-9-22(10-21-14)12-3-5-19-6-4-12/h1-2,9-10,12-13,19-20H,3-8,18H2. The Morgan fingerprint density at radius 3 is 2.87 bits per heavy atom. The molecule has 0 spiro atoms. The SMILES string of the molecule is NC1=CC=C(CC(C(=O)Cl)c2cn(C3CCNCC3)cn2)CN1. The number of aromatic nitrogens is 2. The first-order valence-corrected chi connectivity index (χ1v) is 8.34. The van der Waals surface area contributed by atoms with Crippen molar-refractivity contribution in [3.8, 4) is 0 Å². The zero-order chi connectivity index (χ0) is 16.2. The zero-order valence-corrected chi connectivity index (χ0v) is 13.7. The first-order valence-electron chi connectivity index (χ1n) is 7.96. The lowest BCUT2D eigenvalue weighted by atomic mass is 9.96. The Morgan fingerprint density at radius 2 is 2.22 bits per heavy atom. The molecule has 0 amide bonds. The van der Waals surface area contributed by atoms with E-state index < -0.39 is 5.92 Å². The average Bonchev–Trinajstić information content (AvgIpc) is 3.04. The van der Waals surface area contributed by atoms with Gasteiger partial charge in [-0.15, -0.1) is 0 Å². The maximum absolute atomic E-state index is 11.9. The molecular weight excluding hydrogens is 314 g/mol. The van der Waals surface area contributed by atoms with Gasteiger partial charge in [0.25, 0.3) is 0 Å². The summed E-state index contributed by atoms with van der Waals surface area (Å²) >= 11 is 5.84. The largest absolute Gasteiger partial charge is 0.386 e. The molecule has 0 radical (unpaired) electrons. The Bertz CT molecular complexity index is 630. The van der Waals surface area contributed by atoms with Crippen LogP contribution in [0.15, 0.2) is 36.1 Å². The third kappa shape index (κ3) is 3.95. The van der Waals surface area contributed by atoms with E-state index >= 15 is 0 Å². The number of dihydropyridines is 1. The van der Waals surface area contributed by atoms with Crippen LogP contribution in [0.3, 0.4) is 0 Å². The number of nitrogens with one attached hydrogen (secondary N) is 2. The predicted octanol–water partition coefficient (Wildman–Crippen LogP) is 1.38. The van der Waals surface area contributed by atoms with Crippen molar-refractivity contribution in [2.45, 2.75) is 31.2 Å². The first-order chi connectivity index (χ1) is 11.1. The van der Waals surface area contributed by atoms with Crippen molar-refractivity contribution in [2.75, 3.05) is 19.6 Å². The summed E-state index contributed by atoms with van der Waals surface area (Å²) in [6, 6.07) is 0.446. The van der Waals surface area contributed by atoms with E-state index in [0.29, 0.717) is 24.8 Å². The van der Waals surface area contributed by atoms with Crippen LogP contribution in [0.1, 0.15) is 36.9 Å². The van der Waals surface area contributed by atoms with Gasteiger partial charge in [-0.2, -0.15) is 0 Å². The second-order valence-electron chi connectivity index (χ2n) is 6.09. The number of rotatable bonds is 5. The fourth-order valence-electron chi connectivity index (χ4n) is 3.08. The number of carbonyl (C=O) groups is 1. The van der Waals surface area contributed by atoms with E-state index in [4.69, 9.17) is 17.3 Å². The molecule has 0 saturated carbocycles. The van der Waals surface area contributed by atoms with Crippen LogP contribution in [0.4, 0.5) is 0 Å². The molecule has 0 aromatic carbocycles. The van der Waals surface area contributed by atoms with Gasteiger partial charge in [0.2, 0.25) is 5.24 Å². The van der Waals surface area contributed by atoms with Crippen molar-refractivity contribution in [1.82, 2.24) is 20.2 Å². The summed E-state index contributed by atoms with van der Waals surface area (Å²) in [6.45, 7) is 2.67. The summed E-state index contributed by atoms with van der Waals surface area (Å²) in [5, 5.41) is 6.05. The molecule has 124 valence electrons. The van der Waals surface area contributed by atoms with Crippen molar-refractivity contribution in [3.05, 3.63) is 41.8 Å². The minimum atomic E-state index is -0.416. The summed E-state index contributed by atoms with van der Waals surface area (Å²) in [6.07, 6.45) is 10.3. The number of imidazole rings is 1. The molecule has 4 N–H and O–H groups in total. The maximum Gasteiger partial charge on any atom is 0.231 e. The minimum Gasteiger partial charge on any atom is -0.386 e. The van der Waals surface area contributed by atoms with Gasteiger partial charge in [-0.1, -0.05) is 6.08 Å². The lowest BCUT2D eigenvalue weighted by Crippen LogP contribution is -2.29. The minimum absolute atomic E-state index is 0.371. The molecule has 1 saturated heterocycles. The van der Waals surface area contributed by atoms with E-state index in [1.807, 2.05) is 24.7 Å². The van der Waals surface area contributed by atoms with Crippen LogP contribution in [0.25, 0.3) is 0 Å². The van der Waals surface area contributed by atoms with Gasteiger partial charge in [-0.3, -0.25) is 4.79 Å². The summed E-state index contributed by atoms with van der Waals surface area (Å²) in [4.78, 5) is 16.3. The van der Waals surface area contributed by atoms with Gasteiger partial charge in [0.1, 0.15) is 0 Å². The van der Waals surface area contributed by atoms with Gasteiger partial charge in [0.05, 0.1) is 23.8 Å². The Hall–Kier alpha value is -1.79. The topological polar surface area (TPSA) is 85.0 Å². The Labute approximate surface area is 140 Å². The van der Waals surface area contributed by atoms with Crippen LogP contribution in [-0.2, 0) is 4.79 Å². The molecule has 1 aromatic rings. The molecule has 1 atom stereocenters. The number of hydrogen-bond donors (Lipinski definition) is 3. The number of halogens is 1. The molecule has 0 bridgehead atoms. The summed E-state index contributed by atoms with van der Waals surface area (Å²) in [7, 11) is 0. The van der Waals surface area contributed by atoms with E-state index in [1.165, 1.54) is 0 Å². The van der Waals surface area contributed by atoms with Crippen molar-refractivity contribution < 1.29 is 4.79 Å². The summed E-state index contributed by atoms with van der Waals surface area (Å²) in [5.41, 5.74) is 7.51. The van der Waals surface area contributed by atoms with Gasteiger partial charge in [-0.05, 0) is 55.6 Å². The van der Waals surface area contributed by atoms with Crippen LogP contribution >= 0.6 is 11.6 Å². The number of nitrogens with zero attached hydrogens (tertiary/aromatic N) is 2. The lowest BCUT2D eigenvalue weighted by Gasteiger charge is -2.23. The first kappa shape index (κ1) is 16.1. The van der Waals surface area contributed by atoms with Crippen LogP contribution in [0.5, 0.6) is 0 Å². The molecule has 2 aliphatic heterocycles. The van der Waals surface area contributed by atoms with Gasteiger partial charge < -0.3 is 20.9 Å². The Morgan fingerprint density at radius 1 is 1.43 bits per heavy atom. The number of allylic oxidation sites excluding steroid dienone is 2. The highest BCUT2D eigenvalue weighted by Crippen LogP contribution is 2.27. The van der Waals surface area contributed by atoms with Gasteiger partial charge in [0.15, 0.2) is 0 Å². The summed E-state index contributed by atoms with van der Waals surface area (Å²) < 4.78 is 2.12. The highest BCUT2D eigenvalue weighted by atomic mass is 35.5. The highest BCUT2D eigenvalue weighted by molar-refractivity contribution is 6.64. The fraction of sp³-hybridized carbons (Fsp3) is 0.500. The predicted molar refractivity (Wildman–Crippen MR) is 89.9 cm³/mol. The number of carbonyl (C=O) groups excluding carboxylic acids is 1. The molecule has 3 heterocycles. The van der Waals surface area contributed by atoms with Crippen molar-refractivity contribution >= 4 is 16.8 Å². The molecule has 6 nitrogen and oxygen atoms in total. The molecule has 2 aliphatic rings. The van der Waals surface area contributed by atoms with E-state index in [0.717, 1.165) is 37.2 Å². The maximum atomic E-state index is 11.9. The molecular formula is C16H22ClN5O. The third-order valence-electron chi connectivity index (χ3n) is 4.47.